The monoisotopic (exact) mass is 394 g/mol. The average molecular weight is 395 g/mol. The summed E-state index contributed by atoms with van der Waals surface area (Å²) in [5.41, 5.74) is 0.789. The lowest BCUT2D eigenvalue weighted by Crippen LogP contribution is -2.49. The Bertz CT molecular complexity index is 681. The molecule has 1 aromatic carbocycles. The number of nitrogens with one attached hydrogen (secondary N) is 1. The third-order valence-corrected chi connectivity index (χ3v) is 6.09. The van der Waals surface area contributed by atoms with Crippen molar-refractivity contribution in [2.75, 3.05) is 31.1 Å². The second kappa shape index (κ2) is 8.44. The minimum atomic E-state index is -0.335. The minimum Gasteiger partial charge on any atom is -0.362 e. The van der Waals surface area contributed by atoms with Crippen molar-refractivity contribution < 1.29 is 9.72 Å². The summed E-state index contributed by atoms with van der Waals surface area (Å²) in [5.74, 6) is 0.757. The molecule has 1 amide bonds. The molecule has 2 unspecified atom stereocenters. The Labute approximate surface area is 165 Å². The van der Waals surface area contributed by atoms with Gasteiger partial charge in [-0.1, -0.05) is 12.1 Å². The molecule has 8 heteroatoms. The van der Waals surface area contributed by atoms with Crippen LogP contribution in [0.4, 0.5) is 11.4 Å². The van der Waals surface area contributed by atoms with Crippen LogP contribution in [0.15, 0.2) is 24.3 Å². The van der Waals surface area contributed by atoms with Gasteiger partial charge in [-0.15, -0.1) is 12.4 Å². The standard InChI is InChI=1S/C19H26N4O3.ClH/c24-19(13-14-11-15-5-6-16(12-14)20-15)22-9-7-21(8-10-22)17-3-1-2-4-18(17)23(25)26;/h1-4,14-16,20H,5-13H2;1H. The van der Waals surface area contributed by atoms with Crippen LogP contribution in [-0.4, -0.2) is 54.0 Å². The highest BCUT2D eigenvalue weighted by atomic mass is 35.5. The number of rotatable bonds is 4. The SMILES string of the molecule is Cl.O=C(CC1CC2CCC(C1)N2)N1CCN(c2ccccc2[N+](=O)[O-])CC1. The van der Waals surface area contributed by atoms with E-state index in [9.17, 15) is 14.9 Å². The number of nitro groups is 1. The molecule has 4 rings (SSSR count). The average Bonchev–Trinajstić information content (AvgIpc) is 3.00. The zero-order valence-electron chi connectivity index (χ0n) is 15.4. The smallest absolute Gasteiger partial charge is 0.292 e. The Hall–Kier alpha value is -1.86. The molecular weight excluding hydrogens is 368 g/mol. The molecule has 148 valence electrons. The third kappa shape index (κ3) is 4.35. The summed E-state index contributed by atoms with van der Waals surface area (Å²) >= 11 is 0. The fraction of sp³-hybridized carbons (Fsp3) is 0.632. The zero-order chi connectivity index (χ0) is 18.1. The van der Waals surface area contributed by atoms with Gasteiger partial charge >= 0.3 is 0 Å². The maximum atomic E-state index is 12.7. The number of benzene rings is 1. The molecule has 3 saturated heterocycles. The molecular formula is C19H27ClN4O3. The number of hydrogen-bond donors (Lipinski definition) is 1. The van der Waals surface area contributed by atoms with Crippen LogP contribution in [0.1, 0.15) is 32.1 Å². The Morgan fingerprint density at radius 1 is 1.11 bits per heavy atom. The van der Waals surface area contributed by atoms with E-state index in [0.717, 1.165) is 12.8 Å². The van der Waals surface area contributed by atoms with E-state index in [1.807, 2.05) is 15.9 Å². The lowest BCUT2D eigenvalue weighted by atomic mass is 9.89. The van der Waals surface area contributed by atoms with Gasteiger partial charge in [-0.25, -0.2) is 0 Å². The van der Waals surface area contributed by atoms with Crippen molar-refractivity contribution in [3.63, 3.8) is 0 Å². The van der Waals surface area contributed by atoms with Gasteiger partial charge in [0.15, 0.2) is 0 Å². The fourth-order valence-corrected chi connectivity index (χ4v) is 4.80. The highest BCUT2D eigenvalue weighted by molar-refractivity contribution is 5.85. The molecule has 0 aliphatic carbocycles. The van der Waals surface area contributed by atoms with Crippen LogP contribution in [0.25, 0.3) is 0 Å². The molecule has 0 radical (unpaired) electrons. The van der Waals surface area contributed by atoms with Crippen molar-refractivity contribution in [3.8, 4) is 0 Å². The predicted octanol–water partition coefficient (Wildman–Crippen LogP) is 2.59. The number of piperazine rings is 1. The molecule has 0 spiro atoms. The highest BCUT2D eigenvalue weighted by Crippen LogP contribution is 2.33. The van der Waals surface area contributed by atoms with Crippen LogP contribution in [0, 0.1) is 16.0 Å². The number of fused-ring (bicyclic) bond motifs is 2. The van der Waals surface area contributed by atoms with E-state index < -0.39 is 0 Å². The van der Waals surface area contributed by atoms with Crippen LogP contribution >= 0.6 is 12.4 Å². The van der Waals surface area contributed by atoms with Gasteiger partial charge in [0.05, 0.1) is 4.92 Å². The van der Waals surface area contributed by atoms with E-state index in [0.29, 0.717) is 56.3 Å². The summed E-state index contributed by atoms with van der Waals surface area (Å²) in [5, 5.41) is 14.9. The van der Waals surface area contributed by atoms with Crippen molar-refractivity contribution in [1.29, 1.82) is 0 Å². The lowest BCUT2D eigenvalue weighted by Gasteiger charge is -2.37. The number of nitrogens with zero attached hydrogens (tertiary/aromatic N) is 3. The maximum absolute atomic E-state index is 12.7. The summed E-state index contributed by atoms with van der Waals surface area (Å²) in [4.78, 5) is 27.5. The number of halogens is 1. The topological polar surface area (TPSA) is 78.7 Å². The van der Waals surface area contributed by atoms with Crippen molar-refractivity contribution >= 4 is 29.7 Å². The van der Waals surface area contributed by atoms with E-state index in [4.69, 9.17) is 0 Å². The fourth-order valence-electron chi connectivity index (χ4n) is 4.80. The first-order chi connectivity index (χ1) is 12.6. The van der Waals surface area contributed by atoms with Gasteiger partial charge in [0.2, 0.25) is 5.91 Å². The molecule has 2 atom stereocenters. The largest absolute Gasteiger partial charge is 0.362 e. The molecule has 3 aliphatic rings. The van der Waals surface area contributed by atoms with Crippen molar-refractivity contribution in [2.24, 2.45) is 5.92 Å². The highest BCUT2D eigenvalue weighted by Gasteiger charge is 2.35. The zero-order valence-corrected chi connectivity index (χ0v) is 16.2. The number of hydrogen-bond acceptors (Lipinski definition) is 5. The lowest BCUT2D eigenvalue weighted by molar-refractivity contribution is -0.384. The molecule has 3 heterocycles. The summed E-state index contributed by atoms with van der Waals surface area (Å²) in [6.45, 7) is 2.58. The van der Waals surface area contributed by atoms with E-state index >= 15 is 0 Å². The number of carbonyl (C=O) groups is 1. The van der Waals surface area contributed by atoms with E-state index in [1.165, 1.54) is 18.9 Å². The molecule has 2 bridgehead atoms. The van der Waals surface area contributed by atoms with E-state index in [1.54, 1.807) is 12.1 Å². The van der Waals surface area contributed by atoms with Crippen LogP contribution in [0.2, 0.25) is 0 Å². The predicted molar refractivity (Wildman–Crippen MR) is 106 cm³/mol. The summed E-state index contributed by atoms with van der Waals surface area (Å²) < 4.78 is 0. The van der Waals surface area contributed by atoms with Gasteiger partial charge in [0.1, 0.15) is 5.69 Å². The Morgan fingerprint density at radius 3 is 2.37 bits per heavy atom. The number of amides is 1. The quantitative estimate of drug-likeness (QED) is 0.627. The molecule has 1 aromatic rings. The molecule has 1 N–H and O–H groups in total. The normalized spacial score (nSPS) is 27.2. The molecule has 27 heavy (non-hydrogen) atoms. The van der Waals surface area contributed by atoms with E-state index in [-0.39, 0.29) is 28.9 Å². The summed E-state index contributed by atoms with van der Waals surface area (Å²) in [6.07, 6.45) is 5.41. The number of para-hydroxylation sites is 2. The molecule has 3 aliphatic heterocycles. The first kappa shape index (κ1) is 19.9. The maximum Gasteiger partial charge on any atom is 0.292 e. The molecule has 0 aromatic heterocycles. The Balaban J connectivity index is 0.00000210. The number of piperidine rings is 1. The van der Waals surface area contributed by atoms with Crippen LogP contribution in [0.5, 0.6) is 0 Å². The van der Waals surface area contributed by atoms with Crippen molar-refractivity contribution in [2.45, 2.75) is 44.2 Å². The van der Waals surface area contributed by atoms with Gasteiger partial charge in [0, 0.05) is 50.7 Å². The molecule has 7 nitrogen and oxygen atoms in total. The molecule has 0 saturated carbocycles. The van der Waals surface area contributed by atoms with E-state index in [2.05, 4.69) is 5.32 Å². The summed E-state index contributed by atoms with van der Waals surface area (Å²) in [7, 11) is 0. The minimum absolute atomic E-state index is 0. The van der Waals surface area contributed by atoms with Crippen LogP contribution < -0.4 is 10.2 Å². The summed E-state index contributed by atoms with van der Waals surface area (Å²) in [6, 6.07) is 8.07. The van der Waals surface area contributed by atoms with Gasteiger partial charge in [-0.05, 0) is 37.7 Å². The Morgan fingerprint density at radius 2 is 1.74 bits per heavy atom. The van der Waals surface area contributed by atoms with Crippen LogP contribution in [-0.2, 0) is 4.79 Å². The second-order valence-electron chi connectivity index (χ2n) is 7.79. The van der Waals surface area contributed by atoms with Gasteiger partial charge in [-0.2, -0.15) is 0 Å². The van der Waals surface area contributed by atoms with Crippen LogP contribution in [0.3, 0.4) is 0 Å². The van der Waals surface area contributed by atoms with Gasteiger partial charge < -0.3 is 15.1 Å². The number of carbonyl (C=O) groups excluding carboxylic acids is 1. The number of anilines is 1. The Kier molecular flexibility index (Phi) is 6.22. The molecule has 3 fully saturated rings. The van der Waals surface area contributed by atoms with Crippen molar-refractivity contribution in [1.82, 2.24) is 10.2 Å². The second-order valence-corrected chi connectivity index (χ2v) is 7.79. The van der Waals surface area contributed by atoms with Gasteiger partial charge in [-0.3, -0.25) is 14.9 Å². The first-order valence-corrected chi connectivity index (χ1v) is 9.62. The number of nitro benzene ring substituents is 1. The first-order valence-electron chi connectivity index (χ1n) is 9.62. The van der Waals surface area contributed by atoms with Crippen molar-refractivity contribution in [3.05, 3.63) is 34.4 Å². The third-order valence-electron chi connectivity index (χ3n) is 6.09. The van der Waals surface area contributed by atoms with Gasteiger partial charge in [0.25, 0.3) is 5.69 Å².